The van der Waals surface area contributed by atoms with Crippen molar-refractivity contribution in [2.75, 3.05) is 7.11 Å². The number of carbonyl (C=O) groups excluding carboxylic acids is 1. The maximum atomic E-state index is 11.8. The van der Waals surface area contributed by atoms with Crippen LogP contribution in [0, 0.1) is 0 Å². The van der Waals surface area contributed by atoms with Crippen LogP contribution in [0.4, 0.5) is 0 Å². The number of hydrazone groups is 1. The molecule has 0 bridgehead atoms. The third-order valence-corrected chi connectivity index (χ3v) is 2.74. The smallest absolute Gasteiger partial charge is 0.272 e. The average molecular weight is 269 g/mol. The predicted molar refractivity (Wildman–Crippen MR) is 76.9 cm³/mol. The van der Waals surface area contributed by atoms with Crippen molar-refractivity contribution in [1.82, 2.24) is 10.4 Å². The number of nitrogens with one attached hydrogen (secondary N) is 1. The zero-order valence-corrected chi connectivity index (χ0v) is 11.3. The summed E-state index contributed by atoms with van der Waals surface area (Å²) in [5.41, 5.74) is 4.55. The topological polar surface area (TPSA) is 63.6 Å². The molecule has 0 aliphatic heterocycles. The molecule has 1 N–H and O–H groups in total. The number of amides is 1. The van der Waals surface area contributed by atoms with Gasteiger partial charge in [-0.15, -0.1) is 0 Å². The predicted octanol–water partition coefficient (Wildman–Crippen LogP) is 2.24. The molecule has 0 fully saturated rings. The van der Waals surface area contributed by atoms with Gasteiger partial charge in [-0.05, 0) is 31.2 Å². The van der Waals surface area contributed by atoms with Crippen LogP contribution >= 0.6 is 0 Å². The summed E-state index contributed by atoms with van der Waals surface area (Å²) < 4.78 is 5.15. The summed E-state index contributed by atoms with van der Waals surface area (Å²) in [6.07, 6.45) is 3.10. The summed E-state index contributed by atoms with van der Waals surface area (Å²) in [7, 11) is 1.61. The number of hydrogen-bond acceptors (Lipinski definition) is 4. The van der Waals surface area contributed by atoms with E-state index in [0.29, 0.717) is 11.3 Å². The van der Waals surface area contributed by atoms with Crippen molar-refractivity contribution in [2.24, 2.45) is 5.10 Å². The maximum Gasteiger partial charge on any atom is 0.272 e. The molecule has 0 unspecified atom stereocenters. The van der Waals surface area contributed by atoms with Gasteiger partial charge >= 0.3 is 0 Å². The number of carbonyl (C=O) groups is 1. The van der Waals surface area contributed by atoms with Crippen LogP contribution in [0.15, 0.2) is 53.9 Å². The van der Waals surface area contributed by atoms with Gasteiger partial charge in [0.15, 0.2) is 0 Å². The van der Waals surface area contributed by atoms with Gasteiger partial charge in [0.2, 0.25) is 0 Å². The SMILES string of the molecule is COc1cccc(/C(C)=N/NC(=O)c2cccnc2)c1. The zero-order chi connectivity index (χ0) is 14.4. The molecule has 0 saturated heterocycles. The summed E-state index contributed by atoms with van der Waals surface area (Å²) in [5, 5.41) is 4.08. The van der Waals surface area contributed by atoms with Crippen molar-refractivity contribution in [3.05, 3.63) is 59.9 Å². The number of ether oxygens (including phenoxy) is 1. The molecule has 0 aliphatic rings. The fraction of sp³-hybridized carbons (Fsp3) is 0.133. The lowest BCUT2D eigenvalue weighted by Gasteiger charge is -2.05. The molecular weight excluding hydrogens is 254 g/mol. The second-order valence-electron chi connectivity index (χ2n) is 4.11. The summed E-state index contributed by atoms with van der Waals surface area (Å²) in [6.45, 7) is 1.82. The lowest BCUT2D eigenvalue weighted by molar-refractivity contribution is 0.0954. The minimum atomic E-state index is -0.291. The molecule has 1 amide bonds. The largest absolute Gasteiger partial charge is 0.497 e. The van der Waals surface area contributed by atoms with Gasteiger partial charge in [0.25, 0.3) is 5.91 Å². The number of aromatic nitrogens is 1. The molecule has 5 nitrogen and oxygen atoms in total. The Morgan fingerprint density at radius 3 is 2.75 bits per heavy atom. The number of rotatable bonds is 4. The standard InChI is InChI=1S/C15H15N3O2/c1-11(12-5-3-7-14(9-12)20-2)17-18-15(19)13-6-4-8-16-10-13/h3-10H,1-2H3,(H,18,19)/b17-11+. The summed E-state index contributed by atoms with van der Waals surface area (Å²) in [5.74, 6) is 0.455. The van der Waals surface area contributed by atoms with Gasteiger partial charge in [0.05, 0.1) is 18.4 Å². The Labute approximate surface area is 117 Å². The van der Waals surface area contributed by atoms with E-state index >= 15 is 0 Å². The first-order valence-electron chi connectivity index (χ1n) is 6.10. The van der Waals surface area contributed by atoms with Gasteiger partial charge in [-0.2, -0.15) is 5.10 Å². The molecule has 0 spiro atoms. The Bertz CT molecular complexity index is 624. The number of methoxy groups -OCH3 is 1. The van der Waals surface area contributed by atoms with Gasteiger partial charge in [-0.3, -0.25) is 9.78 Å². The molecule has 0 saturated carbocycles. The highest BCUT2D eigenvalue weighted by atomic mass is 16.5. The van der Waals surface area contributed by atoms with Crippen LogP contribution in [-0.4, -0.2) is 23.7 Å². The molecule has 20 heavy (non-hydrogen) atoms. The number of pyridine rings is 1. The van der Waals surface area contributed by atoms with Crippen molar-refractivity contribution in [1.29, 1.82) is 0 Å². The van der Waals surface area contributed by atoms with Gasteiger partial charge in [0, 0.05) is 18.0 Å². The van der Waals surface area contributed by atoms with E-state index in [1.807, 2.05) is 31.2 Å². The Hall–Kier alpha value is -2.69. The normalized spacial score (nSPS) is 11.0. The van der Waals surface area contributed by atoms with Crippen LogP contribution in [0.1, 0.15) is 22.8 Å². The third kappa shape index (κ3) is 3.41. The quantitative estimate of drug-likeness (QED) is 0.684. The third-order valence-electron chi connectivity index (χ3n) is 2.74. The van der Waals surface area contributed by atoms with Gasteiger partial charge in [-0.25, -0.2) is 5.43 Å². The maximum absolute atomic E-state index is 11.8. The van der Waals surface area contributed by atoms with E-state index < -0.39 is 0 Å². The van der Waals surface area contributed by atoms with Crippen molar-refractivity contribution in [3.63, 3.8) is 0 Å². The highest BCUT2D eigenvalue weighted by molar-refractivity contribution is 6.01. The monoisotopic (exact) mass is 269 g/mol. The van der Waals surface area contributed by atoms with Crippen LogP contribution < -0.4 is 10.2 Å². The van der Waals surface area contributed by atoms with Crippen molar-refractivity contribution in [2.45, 2.75) is 6.92 Å². The van der Waals surface area contributed by atoms with E-state index in [0.717, 1.165) is 11.3 Å². The number of nitrogens with zero attached hydrogens (tertiary/aromatic N) is 2. The molecular formula is C15H15N3O2. The lowest BCUT2D eigenvalue weighted by atomic mass is 10.1. The fourth-order valence-corrected chi connectivity index (χ4v) is 1.61. The van der Waals surface area contributed by atoms with Crippen molar-refractivity contribution >= 4 is 11.6 Å². The van der Waals surface area contributed by atoms with E-state index in [4.69, 9.17) is 4.74 Å². The van der Waals surface area contributed by atoms with Gasteiger partial charge in [0.1, 0.15) is 5.75 Å². The average Bonchev–Trinajstić information content (AvgIpc) is 2.53. The Balaban J connectivity index is 2.09. The Kier molecular flexibility index (Phi) is 4.44. The van der Waals surface area contributed by atoms with E-state index in [1.54, 1.807) is 25.4 Å². The summed E-state index contributed by atoms with van der Waals surface area (Å²) in [4.78, 5) is 15.7. The highest BCUT2D eigenvalue weighted by Crippen LogP contribution is 2.13. The molecule has 0 radical (unpaired) electrons. The van der Waals surface area contributed by atoms with Crippen LogP contribution in [-0.2, 0) is 0 Å². The second-order valence-corrected chi connectivity index (χ2v) is 4.11. The minimum Gasteiger partial charge on any atom is -0.497 e. The summed E-state index contributed by atoms with van der Waals surface area (Å²) >= 11 is 0. The van der Waals surface area contributed by atoms with Crippen LogP contribution in [0.3, 0.4) is 0 Å². The van der Waals surface area contributed by atoms with E-state index in [9.17, 15) is 4.79 Å². The Morgan fingerprint density at radius 1 is 1.25 bits per heavy atom. The molecule has 1 aromatic carbocycles. The number of hydrogen-bond donors (Lipinski definition) is 1. The lowest BCUT2D eigenvalue weighted by Crippen LogP contribution is -2.19. The first-order valence-corrected chi connectivity index (χ1v) is 6.10. The first-order chi connectivity index (χ1) is 9.70. The zero-order valence-electron chi connectivity index (χ0n) is 11.3. The molecule has 0 atom stereocenters. The molecule has 2 rings (SSSR count). The summed E-state index contributed by atoms with van der Waals surface area (Å²) in [6, 6.07) is 10.9. The van der Waals surface area contributed by atoms with E-state index in [-0.39, 0.29) is 5.91 Å². The van der Waals surface area contributed by atoms with Crippen LogP contribution in [0.2, 0.25) is 0 Å². The van der Waals surface area contributed by atoms with E-state index in [1.165, 1.54) is 6.20 Å². The second kappa shape index (κ2) is 6.47. The van der Waals surface area contributed by atoms with Crippen LogP contribution in [0.5, 0.6) is 5.75 Å². The van der Waals surface area contributed by atoms with Crippen molar-refractivity contribution < 1.29 is 9.53 Å². The molecule has 102 valence electrons. The molecule has 1 heterocycles. The molecule has 2 aromatic rings. The minimum absolute atomic E-state index is 0.291. The van der Waals surface area contributed by atoms with Crippen molar-refractivity contribution in [3.8, 4) is 5.75 Å². The fourth-order valence-electron chi connectivity index (χ4n) is 1.61. The molecule has 0 aliphatic carbocycles. The highest BCUT2D eigenvalue weighted by Gasteiger charge is 2.04. The van der Waals surface area contributed by atoms with Crippen LogP contribution in [0.25, 0.3) is 0 Å². The van der Waals surface area contributed by atoms with Gasteiger partial charge < -0.3 is 4.74 Å². The van der Waals surface area contributed by atoms with E-state index in [2.05, 4.69) is 15.5 Å². The Morgan fingerprint density at radius 2 is 2.05 bits per heavy atom. The number of benzene rings is 1. The first kappa shape index (κ1) is 13.7. The molecule has 5 heteroatoms. The molecule has 1 aromatic heterocycles. The van der Waals surface area contributed by atoms with Gasteiger partial charge in [-0.1, -0.05) is 12.1 Å².